The standard InChI is InChI=1S/C21H18NS.C15H18NSi.Ir/c1-13(2)15-9-10-22-19(12-15)18-6-4-5-17-16-8-7-14(3)11-20(16)23-21(17)18;1-12-10-14(13-8-6-5-7-9-13)16-11-15(12)17(2,3)4;/h4-5,7-13H,1-3H3;5-8,10-11H,1-4H3;/q2*-1;/i13D;;. The van der Waals surface area contributed by atoms with Crippen LogP contribution in [0.5, 0.6) is 0 Å². The fraction of sp³-hybridized carbons (Fsp3) is 0.222. The van der Waals surface area contributed by atoms with Crippen LogP contribution >= 0.6 is 11.3 Å². The Morgan fingerprint density at radius 1 is 0.854 bits per heavy atom. The van der Waals surface area contributed by atoms with Gasteiger partial charge in [0.15, 0.2) is 0 Å². The van der Waals surface area contributed by atoms with E-state index in [0.29, 0.717) is 0 Å². The molecule has 0 aliphatic rings. The molecule has 0 amide bonds. The van der Waals surface area contributed by atoms with E-state index in [-0.39, 0.29) is 20.1 Å². The molecule has 0 aliphatic carbocycles. The van der Waals surface area contributed by atoms with Crippen LogP contribution in [0.25, 0.3) is 42.7 Å². The van der Waals surface area contributed by atoms with Gasteiger partial charge in [-0.05, 0) is 64.1 Å². The van der Waals surface area contributed by atoms with Crippen LogP contribution in [0.3, 0.4) is 0 Å². The van der Waals surface area contributed by atoms with Crippen LogP contribution in [0.4, 0.5) is 0 Å². The van der Waals surface area contributed by atoms with Crippen molar-refractivity contribution in [2.75, 3.05) is 0 Å². The minimum atomic E-state index is -1.27. The van der Waals surface area contributed by atoms with Crippen molar-refractivity contribution in [2.45, 2.75) is 53.2 Å². The second-order valence-corrected chi connectivity index (χ2v) is 17.6. The maximum atomic E-state index is 8.27. The first-order valence-corrected chi connectivity index (χ1v) is 18.0. The summed E-state index contributed by atoms with van der Waals surface area (Å²) in [6.45, 7) is 15.2. The molecule has 5 heteroatoms. The van der Waals surface area contributed by atoms with E-state index in [1.807, 2.05) is 50.2 Å². The quantitative estimate of drug-likeness (QED) is 0.133. The van der Waals surface area contributed by atoms with Crippen molar-refractivity contribution < 1.29 is 21.5 Å². The van der Waals surface area contributed by atoms with Crippen molar-refractivity contribution in [3.05, 3.63) is 114 Å². The van der Waals surface area contributed by atoms with Crippen LogP contribution in [0.1, 0.15) is 37.8 Å². The molecule has 211 valence electrons. The van der Waals surface area contributed by atoms with Gasteiger partial charge < -0.3 is 9.97 Å². The van der Waals surface area contributed by atoms with Crippen LogP contribution in [-0.2, 0) is 20.1 Å². The van der Waals surface area contributed by atoms with E-state index in [9.17, 15) is 0 Å². The first-order chi connectivity index (χ1) is 19.4. The van der Waals surface area contributed by atoms with Crippen molar-refractivity contribution in [3.8, 4) is 22.5 Å². The summed E-state index contributed by atoms with van der Waals surface area (Å²) in [5.74, 6) is -0.636. The molecule has 3 aromatic heterocycles. The molecule has 0 fully saturated rings. The smallest absolute Gasteiger partial charge is 0.0798 e. The number of rotatable bonds is 4. The van der Waals surface area contributed by atoms with Crippen molar-refractivity contribution in [3.63, 3.8) is 0 Å². The first-order valence-electron chi connectivity index (χ1n) is 14.2. The predicted molar refractivity (Wildman–Crippen MR) is 176 cm³/mol. The number of aryl methyl sites for hydroxylation is 2. The molecule has 3 aromatic carbocycles. The summed E-state index contributed by atoms with van der Waals surface area (Å²) >= 11 is 1.79. The second kappa shape index (κ2) is 12.9. The maximum absolute atomic E-state index is 8.27. The molecule has 0 saturated carbocycles. The molecule has 0 unspecified atom stereocenters. The summed E-state index contributed by atoms with van der Waals surface area (Å²) in [7, 11) is -1.27. The van der Waals surface area contributed by atoms with Crippen LogP contribution in [0.2, 0.25) is 19.6 Å². The fourth-order valence-corrected chi connectivity index (χ4v) is 7.97. The number of hydrogen-bond acceptors (Lipinski definition) is 3. The third-order valence-corrected chi connectivity index (χ3v) is 10.4. The van der Waals surface area contributed by atoms with E-state index in [0.717, 1.165) is 28.1 Å². The van der Waals surface area contributed by atoms with Crippen LogP contribution < -0.4 is 5.19 Å². The Morgan fingerprint density at radius 3 is 2.34 bits per heavy atom. The summed E-state index contributed by atoms with van der Waals surface area (Å²) in [5, 5.41) is 3.98. The van der Waals surface area contributed by atoms with Crippen LogP contribution in [0, 0.1) is 26.0 Å². The minimum absolute atomic E-state index is 0. The minimum Gasteiger partial charge on any atom is -0.305 e. The van der Waals surface area contributed by atoms with E-state index in [1.165, 1.54) is 36.5 Å². The molecule has 41 heavy (non-hydrogen) atoms. The zero-order valence-corrected chi connectivity index (χ0v) is 28.9. The molecule has 3 heterocycles. The summed E-state index contributed by atoms with van der Waals surface area (Å²) in [5.41, 5.74) is 7.60. The van der Waals surface area contributed by atoms with Gasteiger partial charge in [-0.3, -0.25) is 0 Å². The number of thiophene rings is 1. The maximum Gasteiger partial charge on any atom is 0.0798 e. The molecule has 0 saturated heterocycles. The number of benzene rings is 3. The van der Waals surface area contributed by atoms with Gasteiger partial charge in [0.05, 0.1) is 8.07 Å². The molecule has 2 nitrogen and oxygen atoms in total. The Balaban J connectivity index is 0.000000200. The van der Waals surface area contributed by atoms with Gasteiger partial charge in [0.2, 0.25) is 0 Å². The number of fused-ring (bicyclic) bond motifs is 3. The monoisotopic (exact) mass is 750 g/mol. The van der Waals surface area contributed by atoms with Crippen molar-refractivity contribution in [1.82, 2.24) is 9.97 Å². The molecular weight excluding hydrogens is 713 g/mol. The van der Waals surface area contributed by atoms with Gasteiger partial charge in [-0.25, -0.2) is 0 Å². The number of nitrogens with zero attached hydrogens (tertiary/aromatic N) is 2. The summed E-state index contributed by atoms with van der Waals surface area (Å²) in [6.07, 6.45) is 3.85. The Kier molecular flexibility index (Phi) is 9.30. The molecule has 1 radical (unpaired) electrons. The molecule has 0 aliphatic heterocycles. The van der Waals surface area contributed by atoms with E-state index in [2.05, 4.69) is 98.2 Å². The van der Waals surface area contributed by atoms with Crippen molar-refractivity contribution >= 4 is 44.8 Å². The first kappa shape index (κ1) is 29.5. The molecule has 0 spiro atoms. The van der Waals surface area contributed by atoms with Gasteiger partial charge in [-0.2, -0.15) is 11.3 Å². The zero-order chi connectivity index (χ0) is 29.4. The molecule has 0 N–H and O–H groups in total. The fourth-order valence-electron chi connectivity index (χ4n) is 4.96. The Hall–Kier alpha value is -2.95. The Labute approximate surface area is 264 Å². The van der Waals surface area contributed by atoms with Crippen molar-refractivity contribution in [2.24, 2.45) is 0 Å². The van der Waals surface area contributed by atoms with Gasteiger partial charge in [0, 0.05) is 38.6 Å². The summed E-state index contributed by atoms with van der Waals surface area (Å²) < 4.78 is 10.8. The average Bonchev–Trinajstić information content (AvgIpc) is 3.30. The molecule has 6 rings (SSSR count). The van der Waals surface area contributed by atoms with E-state index >= 15 is 0 Å². The second-order valence-electron chi connectivity index (χ2n) is 11.5. The van der Waals surface area contributed by atoms with Gasteiger partial charge in [0.25, 0.3) is 0 Å². The van der Waals surface area contributed by atoms with Crippen LogP contribution in [-0.4, -0.2) is 18.0 Å². The summed E-state index contributed by atoms with van der Waals surface area (Å²) in [6, 6.07) is 31.4. The van der Waals surface area contributed by atoms with E-state index < -0.39 is 14.0 Å². The molecule has 0 bridgehead atoms. The number of hydrogen-bond donors (Lipinski definition) is 0. The van der Waals surface area contributed by atoms with Gasteiger partial charge >= 0.3 is 0 Å². The summed E-state index contributed by atoms with van der Waals surface area (Å²) in [4.78, 5) is 9.13. The van der Waals surface area contributed by atoms with Gasteiger partial charge in [0.1, 0.15) is 0 Å². The third kappa shape index (κ3) is 6.93. The largest absolute Gasteiger partial charge is 0.305 e. The Morgan fingerprint density at radius 2 is 1.66 bits per heavy atom. The molecule has 6 aromatic rings. The van der Waals surface area contributed by atoms with Crippen LogP contribution in [0.15, 0.2) is 85.2 Å². The van der Waals surface area contributed by atoms with Gasteiger partial charge in [-0.15, -0.1) is 59.7 Å². The van der Waals surface area contributed by atoms with E-state index in [4.69, 9.17) is 1.37 Å². The normalized spacial score (nSPS) is 11.9. The average molecular weight is 750 g/mol. The molecule has 0 atom stereocenters. The van der Waals surface area contributed by atoms with Gasteiger partial charge in [-0.1, -0.05) is 74.3 Å². The SMILES string of the molecule is Cc1cc(-c2[c-]cccc2)ncc1[Si](C)(C)C.[2H]C(C)(C)c1ccnc(-c2[c-]ccc3c2sc2cc(C)ccc23)c1.[Ir]. The topological polar surface area (TPSA) is 25.8 Å². The third-order valence-electron chi connectivity index (χ3n) is 7.09. The Bertz CT molecular complexity index is 1840. The van der Waals surface area contributed by atoms with E-state index in [1.54, 1.807) is 17.5 Å². The zero-order valence-electron chi connectivity index (χ0n) is 25.7. The number of aromatic nitrogens is 2. The molecular formula is C36H36IrN2SSi-2. The van der Waals surface area contributed by atoms with Crippen molar-refractivity contribution in [1.29, 1.82) is 0 Å². The predicted octanol–water partition coefficient (Wildman–Crippen LogP) is 9.75. The number of pyridine rings is 2.